The second-order valence-corrected chi connectivity index (χ2v) is 5.31. The lowest BCUT2D eigenvalue weighted by atomic mass is 9.99. The van der Waals surface area contributed by atoms with Crippen molar-refractivity contribution in [3.63, 3.8) is 0 Å². The van der Waals surface area contributed by atoms with E-state index in [4.69, 9.17) is 16.7 Å². The van der Waals surface area contributed by atoms with Crippen LogP contribution in [-0.4, -0.2) is 29.3 Å². The third kappa shape index (κ3) is 3.55. The lowest BCUT2D eigenvalue weighted by Gasteiger charge is -2.32. The van der Waals surface area contributed by atoms with E-state index >= 15 is 0 Å². The molecule has 0 fully saturated rings. The van der Waals surface area contributed by atoms with Gasteiger partial charge in [-0.3, -0.25) is 0 Å². The highest BCUT2D eigenvalue weighted by atomic mass is 35.5. The zero-order valence-electron chi connectivity index (χ0n) is 11.8. The van der Waals surface area contributed by atoms with Crippen molar-refractivity contribution in [3.05, 3.63) is 64.9 Å². The normalized spacial score (nSPS) is 13.5. The van der Waals surface area contributed by atoms with Crippen LogP contribution in [0.2, 0.25) is 5.02 Å². The maximum absolute atomic E-state index is 13.4. The fourth-order valence-corrected chi connectivity index (χ4v) is 2.41. The fourth-order valence-electron chi connectivity index (χ4n) is 2.28. The quantitative estimate of drug-likeness (QED) is 0.887. The summed E-state index contributed by atoms with van der Waals surface area (Å²) in [5.74, 6) is -1.88. The lowest BCUT2D eigenvalue weighted by Crippen LogP contribution is -2.38. The Balaban J connectivity index is 2.44. The minimum Gasteiger partial charge on any atom is -0.479 e. The van der Waals surface area contributed by atoms with E-state index in [2.05, 4.69) is 0 Å². The number of aliphatic hydroxyl groups is 1. The molecule has 2 N–H and O–H groups in total. The average Bonchev–Trinajstić information content (AvgIpc) is 2.48. The first kappa shape index (κ1) is 16.3. The topological polar surface area (TPSA) is 60.8 Å². The van der Waals surface area contributed by atoms with E-state index in [0.717, 1.165) is 0 Å². The highest BCUT2D eigenvalue weighted by molar-refractivity contribution is 6.30. The van der Waals surface area contributed by atoms with E-state index in [-0.39, 0.29) is 0 Å². The molecule has 22 heavy (non-hydrogen) atoms. The number of aliphatic carboxylic acids is 1. The van der Waals surface area contributed by atoms with Crippen LogP contribution in [0.1, 0.15) is 11.6 Å². The van der Waals surface area contributed by atoms with Gasteiger partial charge in [0.15, 0.2) is 6.10 Å². The highest BCUT2D eigenvalue weighted by Crippen LogP contribution is 2.30. The average molecular weight is 324 g/mol. The van der Waals surface area contributed by atoms with Crippen LogP contribution >= 0.6 is 11.6 Å². The van der Waals surface area contributed by atoms with Gasteiger partial charge >= 0.3 is 5.97 Å². The number of aliphatic hydroxyl groups excluding tert-OH is 1. The van der Waals surface area contributed by atoms with E-state index in [1.807, 2.05) is 0 Å². The third-order valence-corrected chi connectivity index (χ3v) is 3.65. The zero-order valence-corrected chi connectivity index (χ0v) is 12.5. The number of benzene rings is 2. The summed E-state index contributed by atoms with van der Waals surface area (Å²) in [6.07, 6.45) is -1.71. The Morgan fingerprint density at radius 1 is 1.23 bits per heavy atom. The maximum atomic E-state index is 13.4. The molecule has 2 unspecified atom stereocenters. The van der Waals surface area contributed by atoms with E-state index in [9.17, 15) is 14.3 Å². The summed E-state index contributed by atoms with van der Waals surface area (Å²) in [4.78, 5) is 12.8. The van der Waals surface area contributed by atoms with Crippen LogP contribution in [-0.2, 0) is 4.79 Å². The summed E-state index contributed by atoms with van der Waals surface area (Å²) in [6.45, 7) is 0. The molecule has 0 saturated heterocycles. The predicted molar refractivity (Wildman–Crippen MR) is 82.6 cm³/mol. The molecule has 0 bridgehead atoms. The molecule has 0 heterocycles. The molecule has 0 radical (unpaired) electrons. The smallest absolute Gasteiger partial charge is 0.335 e. The van der Waals surface area contributed by atoms with Gasteiger partial charge in [-0.2, -0.15) is 0 Å². The van der Waals surface area contributed by atoms with E-state index in [1.54, 1.807) is 42.3 Å². The fraction of sp³-hybridized carbons (Fsp3) is 0.188. The monoisotopic (exact) mass is 323 g/mol. The number of carbonyl (C=O) groups is 1. The van der Waals surface area contributed by atoms with Crippen LogP contribution in [0.3, 0.4) is 0 Å². The van der Waals surface area contributed by atoms with Crippen LogP contribution in [0.5, 0.6) is 0 Å². The molecular weight excluding hydrogens is 309 g/mol. The first-order chi connectivity index (χ1) is 10.4. The van der Waals surface area contributed by atoms with Crippen LogP contribution < -0.4 is 4.90 Å². The van der Waals surface area contributed by atoms with Crippen LogP contribution in [0, 0.1) is 5.82 Å². The molecule has 0 saturated carbocycles. The van der Waals surface area contributed by atoms with Crippen molar-refractivity contribution in [2.75, 3.05) is 11.9 Å². The third-order valence-electron chi connectivity index (χ3n) is 3.39. The first-order valence-electron chi connectivity index (χ1n) is 6.55. The van der Waals surface area contributed by atoms with Gasteiger partial charge in [0.1, 0.15) is 5.82 Å². The number of likely N-dealkylation sites (N-methyl/N-ethyl adjacent to an activating group) is 1. The van der Waals surface area contributed by atoms with Crippen molar-refractivity contribution >= 4 is 23.3 Å². The molecule has 2 atom stereocenters. The van der Waals surface area contributed by atoms with Gasteiger partial charge in [-0.1, -0.05) is 23.7 Å². The molecule has 4 nitrogen and oxygen atoms in total. The molecular formula is C16H15ClFNO3. The summed E-state index contributed by atoms with van der Waals surface area (Å²) in [6, 6.07) is 11.3. The van der Waals surface area contributed by atoms with Crippen molar-refractivity contribution in [1.82, 2.24) is 0 Å². The number of hydrogen-bond donors (Lipinski definition) is 2. The second kappa shape index (κ2) is 6.77. The number of carboxylic acid groups (broad SMARTS) is 1. The summed E-state index contributed by atoms with van der Waals surface area (Å²) in [7, 11) is 1.63. The number of halogens is 2. The standard InChI is InChI=1S/C16H15ClFNO3/c1-19(13-7-5-11(17)6-8-13)14(15(20)16(21)22)10-3-2-4-12(18)9-10/h2-9,14-15,20H,1H3,(H,21,22). The molecule has 0 aliphatic rings. The summed E-state index contributed by atoms with van der Waals surface area (Å²) in [5, 5.41) is 19.7. The molecule has 0 amide bonds. The molecule has 2 aromatic rings. The number of carboxylic acids is 1. The summed E-state index contributed by atoms with van der Waals surface area (Å²) < 4.78 is 13.4. The molecule has 6 heteroatoms. The molecule has 0 spiro atoms. The van der Waals surface area contributed by atoms with Gasteiger partial charge in [0, 0.05) is 17.8 Å². The Kier molecular flexibility index (Phi) is 5.00. The van der Waals surface area contributed by atoms with Gasteiger partial charge < -0.3 is 15.1 Å². The van der Waals surface area contributed by atoms with E-state index in [1.165, 1.54) is 18.2 Å². The van der Waals surface area contributed by atoms with Crippen molar-refractivity contribution in [2.45, 2.75) is 12.1 Å². The number of anilines is 1. The minimum absolute atomic E-state index is 0.368. The first-order valence-corrected chi connectivity index (χ1v) is 6.92. The number of rotatable bonds is 5. The minimum atomic E-state index is -1.71. The predicted octanol–water partition coefficient (Wildman–Crippen LogP) is 3.10. The molecule has 116 valence electrons. The van der Waals surface area contributed by atoms with Crippen LogP contribution in [0.25, 0.3) is 0 Å². The molecule has 0 aromatic heterocycles. The van der Waals surface area contributed by atoms with Crippen molar-refractivity contribution in [3.8, 4) is 0 Å². The SMILES string of the molecule is CN(c1ccc(Cl)cc1)C(c1cccc(F)c1)C(O)C(=O)O. The lowest BCUT2D eigenvalue weighted by molar-refractivity contribution is -0.147. The molecule has 2 aromatic carbocycles. The molecule has 2 rings (SSSR count). The molecule has 0 aliphatic carbocycles. The van der Waals surface area contributed by atoms with Crippen molar-refractivity contribution in [2.24, 2.45) is 0 Å². The Labute approximate surface area is 132 Å². The number of hydrogen-bond acceptors (Lipinski definition) is 3. The van der Waals surface area contributed by atoms with Gasteiger partial charge in [-0.05, 0) is 42.0 Å². The van der Waals surface area contributed by atoms with Gasteiger partial charge in [0.25, 0.3) is 0 Å². The summed E-state index contributed by atoms with van der Waals surface area (Å²) in [5.41, 5.74) is 1.02. The second-order valence-electron chi connectivity index (χ2n) is 4.87. The van der Waals surface area contributed by atoms with Gasteiger partial charge in [0.05, 0.1) is 6.04 Å². The van der Waals surface area contributed by atoms with Crippen LogP contribution in [0.4, 0.5) is 10.1 Å². The Morgan fingerprint density at radius 2 is 1.86 bits per heavy atom. The Bertz CT molecular complexity index is 663. The van der Waals surface area contributed by atoms with E-state index < -0.39 is 23.9 Å². The highest BCUT2D eigenvalue weighted by Gasteiger charge is 2.31. The van der Waals surface area contributed by atoms with Crippen LogP contribution in [0.15, 0.2) is 48.5 Å². The largest absolute Gasteiger partial charge is 0.479 e. The maximum Gasteiger partial charge on any atom is 0.335 e. The summed E-state index contributed by atoms with van der Waals surface area (Å²) >= 11 is 5.84. The zero-order chi connectivity index (χ0) is 16.3. The Hall–Kier alpha value is -2.11. The van der Waals surface area contributed by atoms with Crippen molar-refractivity contribution < 1.29 is 19.4 Å². The van der Waals surface area contributed by atoms with Gasteiger partial charge in [-0.15, -0.1) is 0 Å². The van der Waals surface area contributed by atoms with Gasteiger partial charge in [-0.25, -0.2) is 9.18 Å². The van der Waals surface area contributed by atoms with Crippen molar-refractivity contribution in [1.29, 1.82) is 0 Å². The van der Waals surface area contributed by atoms with E-state index in [0.29, 0.717) is 16.3 Å². The van der Waals surface area contributed by atoms with Gasteiger partial charge in [0.2, 0.25) is 0 Å². The number of nitrogens with zero attached hydrogens (tertiary/aromatic N) is 1. The molecule has 0 aliphatic heterocycles. The Morgan fingerprint density at radius 3 is 2.41 bits per heavy atom.